The summed E-state index contributed by atoms with van der Waals surface area (Å²) >= 11 is 0. The third-order valence-electron chi connectivity index (χ3n) is 6.97. The van der Waals surface area contributed by atoms with Crippen LogP contribution in [0.25, 0.3) is 0 Å². The van der Waals surface area contributed by atoms with Crippen LogP contribution in [0.1, 0.15) is 18.4 Å². The molecule has 4 heteroatoms. The molecule has 1 aliphatic heterocycles. The monoisotopic (exact) mass is 350 g/mol. The molecule has 2 saturated carbocycles. The van der Waals surface area contributed by atoms with E-state index in [2.05, 4.69) is 48.4 Å². The molecule has 136 valence electrons. The van der Waals surface area contributed by atoms with Crippen molar-refractivity contribution in [1.82, 2.24) is 9.80 Å². The van der Waals surface area contributed by atoms with Crippen LogP contribution in [-0.2, 0) is 16.1 Å². The maximum absolute atomic E-state index is 12.9. The number of likely N-dealkylation sites (tertiary alicyclic amines) is 1. The van der Waals surface area contributed by atoms with Gasteiger partial charge >= 0.3 is 0 Å². The summed E-state index contributed by atoms with van der Waals surface area (Å²) in [4.78, 5) is 29.7. The highest BCUT2D eigenvalue weighted by Gasteiger charge is 2.66. The highest BCUT2D eigenvalue weighted by molar-refractivity contribution is 6.06. The molecule has 4 aliphatic carbocycles. The van der Waals surface area contributed by atoms with E-state index in [1.807, 2.05) is 6.07 Å². The molecule has 0 N–H and O–H groups in total. The van der Waals surface area contributed by atoms with Gasteiger partial charge in [-0.15, -0.1) is 0 Å². The lowest BCUT2D eigenvalue weighted by atomic mass is 9.63. The maximum Gasteiger partial charge on any atom is 0.233 e. The number of allylic oxidation sites excluding steroid dienone is 2. The van der Waals surface area contributed by atoms with Crippen LogP contribution in [0.5, 0.6) is 0 Å². The number of hydrogen-bond acceptors (Lipinski definition) is 3. The van der Waals surface area contributed by atoms with E-state index in [0.29, 0.717) is 30.2 Å². The van der Waals surface area contributed by atoms with Crippen molar-refractivity contribution in [2.24, 2.45) is 35.5 Å². The second-order valence-electron chi connectivity index (χ2n) is 8.56. The van der Waals surface area contributed by atoms with Crippen molar-refractivity contribution in [2.45, 2.75) is 19.4 Å². The van der Waals surface area contributed by atoms with Crippen molar-refractivity contribution in [1.29, 1.82) is 0 Å². The van der Waals surface area contributed by atoms with Crippen LogP contribution in [0.2, 0.25) is 0 Å². The number of nitrogens with zero attached hydrogens (tertiary/aromatic N) is 2. The molecule has 3 fully saturated rings. The van der Waals surface area contributed by atoms with E-state index in [1.165, 1.54) is 12.0 Å². The minimum atomic E-state index is -0.0525. The summed E-state index contributed by atoms with van der Waals surface area (Å²) in [5, 5.41) is 0. The van der Waals surface area contributed by atoms with Crippen LogP contribution in [-0.4, -0.2) is 41.8 Å². The number of benzene rings is 1. The van der Waals surface area contributed by atoms with E-state index in [-0.39, 0.29) is 23.7 Å². The second kappa shape index (κ2) is 6.05. The van der Waals surface area contributed by atoms with Crippen LogP contribution in [0.4, 0.5) is 0 Å². The molecule has 1 heterocycles. The smallest absolute Gasteiger partial charge is 0.233 e. The molecule has 2 amide bonds. The Morgan fingerprint density at radius 1 is 1.00 bits per heavy atom. The van der Waals surface area contributed by atoms with Gasteiger partial charge < -0.3 is 4.90 Å². The first-order valence-electron chi connectivity index (χ1n) is 9.91. The van der Waals surface area contributed by atoms with Gasteiger partial charge in [-0.25, -0.2) is 0 Å². The first-order valence-corrected chi connectivity index (χ1v) is 9.91. The summed E-state index contributed by atoms with van der Waals surface area (Å²) < 4.78 is 0. The first kappa shape index (κ1) is 16.2. The quantitative estimate of drug-likeness (QED) is 0.585. The largest absolute Gasteiger partial charge is 0.302 e. The van der Waals surface area contributed by atoms with Gasteiger partial charge in [0.15, 0.2) is 0 Å². The highest BCUT2D eigenvalue weighted by Crippen LogP contribution is 2.65. The fraction of sp³-hybridized carbons (Fsp3) is 0.545. The molecule has 0 spiro atoms. The lowest BCUT2D eigenvalue weighted by Crippen LogP contribution is -2.40. The van der Waals surface area contributed by atoms with Crippen molar-refractivity contribution in [3.05, 3.63) is 48.0 Å². The number of carbonyl (C=O) groups excluding carboxylic acids is 2. The van der Waals surface area contributed by atoms with E-state index in [4.69, 9.17) is 0 Å². The predicted molar refractivity (Wildman–Crippen MR) is 98.8 cm³/mol. The van der Waals surface area contributed by atoms with Gasteiger partial charge in [-0.1, -0.05) is 42.5 Å². The van der Waals surface area contributed by atoms with Crippen molar-refractivity contribution >= 4 is 11.8 Å². The summed E-state index contributed by atoms with van der Waals surface area (Å²) in [6, 6.07) is 10.4. The number of carbonyl (C=O) groups is 2. The van der Waals surface area contributed by atoms with E-state index < -0.39 is 0 Å². The Morgan fingerprint density at radius 3 is 2.23 bits per heavy atom. The predicted octanol–water partition coefficient (Wildman–Crippen LogP) is 2.56. The fourth-order valence-electron chi connectivity index (χ4n) is 5.71. The summed E-state index contributed by atoms with van der Waals surface area (Å²) in [6.07, 6.45) is 6.54. The summed E-state index contributed by atoms with van der Waals surface area (Å²) in [5.74, 6) is 2.13. The van der Waals surface area contributed by atoms with Gasteiger partial charge in [0.1, 0.15) is 0 Å². The van der Waals surface area contributed by atoms with Crippen LogP contribution < -0.4 is 0 Å². The Morgan fingerprint density at radius 2 is 1.62 bits per heavy atom. The zero-order chi connectivity index (χ0) is 17.8. The van der Waals surface area contributed by atoms with Crippen LogP contribution in [0, 0.1) is 35.5 Å². The van der Waals surface area contributed by atoms with E-state index in [9.17, 15) is 9.59 Å². The zero-order valence-electron chi connectivity index (χ0n) is 15.3. The SMILES string of the molecule is CN(CCCN1C(=O)[C@@H]2[C@H](C1=O)[C@@H]1C=C[C@H]2C2CC21)Cc1ccccc1. The third kappa shape index (κ3) is 2.46. The molecule has 5 aliphatic rings. The average Bonchev–Trinajstić information content (AvgIpc) is 3.43. The van der Waals surface area contributed by atoms with Crippen molar-refractivity contribution in [3.8, 4) is 0 Å². The Hall–Kier alpha value is -1.94. The Bertz CT molecular complexity index is 723. The lowest BCUT2D eigenvalue weighted by Gasteiger charge is -2.37. The van der Waals surface area contributed by atoms with Crippen LogP contribution >= 0.6 is 0 Å². The van der Waals surface area contributed by atoms with Gasteiger partial charge in [-0.3, -0.25) is 14.5 Å². The number of imide groups is 1. The van der Waals surface area contributed by atoms with E-state index in [0.717, 1.165) is 19.5 Å². The van der Waals surface area contributed by atoms with Crippen molar-refractivity contribution in [2.75, 3.05) is 20.1 Å². The van der Waals surface area contributed by atoms with E-state index in [1.54, 1.807) is 4.90 Å². The molecule has 6 rings (SSSR count). The number of amides is 2. The fourth-order valence-corrected chi connectivity index (χ4v) is 5.71. The maximum atomic E-state index is 12.9. The Balaban J connectivity index is 1.18. The molecule has 26 heavy (non-hydrogen) atoms. The van der Waals surface area contributed by atoms with E-state index >= 15 is 0 Å². The second-order valence-corrected chi connectivity index (χ2v) is 8.56. The van der Waals surface area contributed by atoms with Gasteiger partial charge in [0.25, 0.3) is 0 Å². The molecule has 2 unspecified atom stereocenters. The lowest BCUT2D eigenvalue weighted by molar-refractivity contribution is -0.140. The van der Waals surface area contributed by atoms with Crippen molar-refractivity contribution in [3.63, 3.8) is 0 Å². The topological polar surface area (TPSA) is 40.6 Å². The van der Waals surface area contributed by atoms with Crippen LogP contribution in [0.3, 0.4) is 0 Å². The Labute approximate surface area is 154 Å². The molecular weight excluding hydrogens is 324 g/mol. The summed E-state index contributed by atoms with van der Waals surface area (Å²) in [7, 11) is 2.10. The highest BCUT2D eigenvalue weighted by atomic mass is 16.2. The molecule has 1 aromatic carbocycles. The average molecular weight is 350 g/mol. The molecule has 0 radical (unpaired) electrons. The zero-order valence-corrected chi connectivity index (χ0v) is 15.3. The normalized spacial score (nSPS) is 36.6. The standard InChI is InChI=1S/C22H26N2O2/c1-23(13-14-6-3-2-4-7-14)10-5-11-24-21(25)19-15-8-9-16(18-12-17(15)18)20(19)22(24)26/h2-4,6-9,15-20H,5,10-13H2,1H3/t15-,16+,17?,18?,19-,20+. The molecule has 0 aromatic heterocycles. The van der Waals surface area contributed by atoms with Gasteiger partial charge in [0.05, 0.1) is 11.8 Å². The van der Waals surface area contributed by atoms with Gasteiger partial charge in [-0.05, 0) is 55.7 Å². The summed E-state index contributed by atoms with van der Waals surface area (Å²) in [6.45, 7) is 2.35. The number of rotatable bonds is 6. The molecule has 6 atom stereocenters. The molecule has 2 bridgehead atoms. The van der Waals surface area contributed by atoms with Gasteiger partial charge in [-0.2, -0.15) is 0 Å². The van der Waals surface area contributed by atoms with Gasteiger partial charge in [0.2, 0.25) is 11.8 Å². The first-order chi connectivity index (χ1) is 12.6. The third-order valence-corrected chi connectivity index (χ3v) is 6.97. The number of hydrogen-bond donors (Lipinski definition) is 0. The minimum absolute atomic E-state index is 0.0525. The molecular formula is C22H26N2O2. The van der Waals surface area contributed by atoms with Crippen LogP contribution in [0.15, 0.2) is 42.5 Å². The van der Waals surface area contributed by atoms with Crippen molar-refractivity contribution < 1.29 is 9.59 Å². The van der Waals surface area contributed by atoms with Gasteiger partial charge in [0, 0.05) is 13.1 Å². The molecule has 1 aromatic rings. The molecule has 1 saturated heterocycles. The summed E-state index contributed by atoms with van der Waals surface area (Å²) in [5.41, 5.74) is 1.29. The Kier molecular flexibility index (Phi) is 3.78. The minimum Gasteiger partial charge on any atom is -0.302 e. The molecule has 4 nitrogen and oxygen atoms in total.